The van der Waals surface area contributed by atoms with Gasteiger partial charge in [-0.25, -0.2) is 0 Å². The highest BCUT2D eigenvalue weighted by atomic mass is 35.5. The predicted molar refractivity (Wildman–Crippen MR) is 153 cm³/mol. The molecular formula is C31H21ClN2S. The number of benzene rings is 5. The second kappa shape index (κ2) is 9.18. The van der Waals surface area contributed by atoms with Crippen LogP contribution in [0.1, 0.15) is 11.1 Å². The molecule has 0 fully saturated rings. The molecule has 1 heterocycles. The van der Waals surface area contributed by atoms with Crippen LogP contribution in [-0.4, -0.2) is 18.4 Å². The second-order valence-corrected chi connectivity index (χ2v) is 9.57. The van der Waals surface area contributed by atoms with E-state index in [0.29, 0.717) is 0 Å². The first-order chi connectivity index (χ1) is 17.3. The lowest BCUT2D eigenvalue weighted by Gasteiger charge is -2.11. The fraction of sp³-hybridized carbons (Fsp3) is 0.0323. The van der Waals surface area contributed by atoms with Crippen molar-refractivity contribution in [2.75, 3.05) is 6.00 Å². The van der Waals surface area contributed by atoms with Crippen LogP contribution >= 0.6 is 23.4 Å². The van der Waals surface area contributed by atoms with Gasteiger partial charge in [0, 0.05) is 16.0 Å². The quantitative estimate of drug-likeness (QED) is 0.107. The topological polar surface area (TPSA) is 24.7 Å². The average Bonchev–Trinajstić information content (AvgIpc) is 3.29. The molecular weight excluding hydrogens is 468 g/mol. The summed E-state index contributed by atoms with van der Waals surface area (Å²) in [4.78, 5) is 11.5. The Labute approximate surface area is 213 Å². The molecule has 0 radical (unpaired) electrons. The lowest BCUT2D eigenvalue weighted by molar-refractivity contribution is 1.35. The molecule has 5 aromatic carbocycles. The number of thioether (sulfide) groups is 1. The van der Waals surface area contributed by atoms with Crippen molar-refractivity contribution in [1.82, 2.24) is 0 Å². The molecule has 168 valence electrons. The molecule has 5 aromatic rings. The third-order valence-corrected chi connectivity index (χ3v) is 7.71. The molecule has 1 aliphatic rings. The van der Waals surface area contributed by atoms with E-state index in [-0.39, 0.29) is 6.00 Å². The summed E-state index contributed by atoms with van der Waals surface area (Å²) in [5, 5.41) is 4.84. The van der Waals surface area contributed by atoms with Crippen molar-refractivity contribution in [3.8, 4) is 11.1 Å². The zero-order valence-corrected chi connectivity index (χ0v) is 20.5. The molecule has 0 spiro atoms. The van der Waals surface area contributed by atoms with Gasteiger partial charge in [-0.15, -0.1) is 11.6 Å². The lowest BCUT2D eigenvalue weighted by Crippen LogP contribution is -2.02. The van der Waals surface area contributed by atoms with Crippen LogP contribution in [0.15, 0.2) is 123 Å². The summed E-state index contributed by atoms with van der Waals surface area (Å²) in [6.45, 7) is 3.96. The third-order valence-electron chi connectivity index (χ3n) is 6.38. The van der Waals surface area contributed by atoms with Crippen LogP contribution in [-0.2, 0) is 0 Å². The van der Waals surface area contributed by atoms with Crippen LogP contribution in [0, 0.1) is 0 Å². The van der Waals surface area contributed by atoms with Crippen molar-refractivity contribution in [2.24, 2.45) is 9.98 Å². The maximum Gasteiger partial charge on any atom is 0.114 e. The standard InChI is InChI=1S/C31H21ClN2S/c1-33-28(22-13-9-12-21(18-22)20-10-3-2-4-11-20)31-29(34-19-32)27-25-16-7-5-14-23(25)24-15-6-8-17-26(24)30(27)35-31/h2-18H,1,19H2/b31-28+,34-29-. The molecule has 0 aromatic heterocycles. The van der Waals surface area contributed by atoms with Crippen LogP contribution in [0.4, 0.5) is 0 Å². The summed E-state index contributed by atoms with van der Waals surface area (Å²) in [5.74, 6) is 0. The Morgan fingerprint density at radius 2 is 1.34 bits per heavy atom. The number of allylic oxidation sites excluding steroid dienone is 1. The van der Waals surface area contributed by atoms with E-state index in [4.69, 9.17) is 16.6 Å². The van der Waals surface area contributed by atoms with E-state index in [0.717, 1.165) is 38.6 Å². The molecule has 6 rings (SSSR count). The van der Waals surface area contributed by atoms with E-state index in [2.05, 4.69) is 109 Å². The van der Waals surface area contributed by atoms with Crippen molar-refractivity contribution >= 4 is 63.0 Å². The van der Waals surface area contributed by atoms with Crippen molar-refractivity contribution in [1.29, 1.82) is 0 Å². The Hall–Kier alpha value is -3.66. The maximum absolute atomic E-state index is 6.22. The fourth-order valence-electron chi connectivity index (χ4n) is 4.86. The summed E-state index contributed by atoms with van der Waals surface area (Å²) in [5.41, 5.74) is 6.14. The summed E-state index contributed by atoms with van der Waals surface area (Å²) < 4.78 is 0. The molecule has 1 aliphatic heterocycles. The van der Waals surface area contributed by atoms with E-state index in [1.54, 1.807) is 11.8 Å². The van der Waals surface area contributed by atoms with Crippen molar-refractivity contribution in [2.45, 2.75) is 4.90 Å². The monoisotopic (exact) mass is 488 g/mol. The molecule has 0 unspecified atom stereocenters. The summed E-state index contributed by atoms with van der Waals surface area (Å²) in [6.07, 6.45) is 0. The first-order valence-corrected chi connectivity index (χ1v) is 12.7. The second-order valence-electron chi connectivity index (χ2n) is 8.31. The number of hydrogen-bond acceptors (Lipinski definition) is 3. The molecule has 35 heavy (non-hydrogen) atoms. The van der Waals surface area contributed by atoms with Gasteiger partial charge in [0.15, 0.2) is 0 Å². The largest absolute Gasteiger partial charge is 0.267 e. The van der Waals surface area contributed by atoms with Gasteiger partial charge in [-0.2, -0.15) is 0 Å². The highest BCUT2D eigenvalue weighted by Crippen LogP contribution is 2.51. The normalized spacial score (nSPS) is 15.5. The Balaban J connectivity index is 1.62. The highest BCUT2D eigenvalue weighted by Gasteiger charge is 2.31. The Morgan fingerprint density at radius 3 is 2.06 bits per heavy atom. The van der Waals surface area contributed by atoms with Gasteiger partial charge >= 0.3 is 0 Å². The number of aliphatic imine (C=N–C) groups is 2. The first-order valence-electron chi connectivity index (χ1n) is 11.4. The number of hydrogen-bond donors (Lipinski definition) is 0. The smallest absolute Gasteiger partial charge is 0.114 e. The molecule has 0 saturated carbocycles. The Kier molecular flexibility index (Phi) is 5.73. The van der Waals surface area contributed by atoms with E-state index >= 15 is 0 Å². The van der Waals surface area contributed by atoms with Gasteiger partial charge in [-0.1, -0.05) is 109 Å². The molecule has 4 heteroatoms. The molecule has 0 atom stereocenters. The zero-order valence-electron chi connectivity index (χ0n) is 18.9. The van der Waals surface area contributed by atoms with Crippen LogP contribution in [0.3, 0.4) is 0 Å². The predicted octanol–water partition coefficient (Wildman–Crippen LogP) is 8.82. The summed E-state index contributed by atoms with van der Waals surface area (Å²) >= 11 is 7.93. The minimum atomic E-state index is 0.175. The maximum atomic E-state index is 6.22. The van der Waals surface area contributed by atoms with Crippen molar-refractivity contribution in [3.63, 3.8) is 0 Å². The highest BCUT2D eigenvalue weighted by molar-refractivity contribution is 8.05. The zero-order chi connectivity index (χ0) is 23.8. The van der Waals surface area contributed by atoms with Gasteiger partial charge in [0.1, 0.15) is 6.00 Å². The van der Waals surface area contributed by atoms with Gasteiger partial charge in [-0.05, 0) is 45.5 Å². The number of alkyl halides is 1. The van der Waals surface area contributed by atoms with Crippen LogP contribution in [0.5, 0.6) is 0 Å². The van der Waals surface area contributed by atoms with Gasteiger partial charge in [-0.3, -0.25) is 9.98 Å². The van der Waals surface area contributed by atoms with Crippen molar-refractivity contribution < 1.29 is 0 Å². The van der Waals surface area contributed by atoms with Gasteiger partial charge in [0.25, 0.3) is 0 Å². The third kappa shape index (κ3) is 3.68. The molecule has 0 N–H and O–H groups in total. The van der Waals surface area contributed by atoms with Crippen molar-refractivity contribution in [3.05, 3.63) is 119 Å². The van der Waals surface area contributed by atoms with E-state index < -0.39 is 0 Å². The molecule has 0 amide bonds. The molecule has 2 nitrogen and oxygen atoms in total. The molecule has 0 aliphatic carbocycles. The SMILES string of the molecule is C=N/C(=C1/Sc2c(c3ccccc3c3ccccc23)/C1=N/CCl)c1cccc(-c2ccccc2)c1. The van der Waals surface area contributed by atoms with E-state index in [1.165, 1.54) is 26.4 Å². The van der Waals surface area contributed by atoms with Gasteiger partial charge in [0.2, 0.25) is 0 Å². The van der Waals surface area contributed by atoms with Crippen LogP contribution in [0.25, 0.3) is 38.4 Å². The Morgan fingerprint density at radius 1 is 0.714 bits per heavy atom. The van der Waals surface area contributed by atoms with Crippen LogP contribution in [0.2, 0.25) is 0 Å². The fourth-order valence-corrected chi connectivity index (χ4v) is 6.32. The van der Waals surface area contributed by atoms with E-state index in [9.17, 15) is 0 Å². The minimum Gasteiger partial charge on any atom is -0.267 e. The number of fused-ring (bicyclic) bond motifs is 6. The van der Waals surface area contributed by atoms with E-state index in [1.807, 2.05) is 6.07 Å². The van der Waals surface area contributed by atoms with Crippen LogP contribution < -0.4 is 0 Å². The van der Waals surface area contributed by atoms with Gasteiger partial charge < -0.3 is 0 Å². The molecule has 0 saturated heterocycles. The molecule has 0 bridgehead atoms. The van der Waals surface area contributed by atoms with Gasteiger partial charge in [0.05, 0.1) is 16.3 Å². The first kappa shape index (κ1) is 21.8. The Bertz CT molecular complexity index is 1670. The number of nitrogens with zero attached hydrogens (tertiary/aromatic N) is 2. The number of rotatable bonds is 4. The number of halogens is 1. The summed E-state index contributed by atoms with van der Waals surface area (Å²) in [6, 6.07) is 36.1. The lowest BCUT2D eigenvalue weighted by atomic mass is 9.94. The summed E-state index contributed by atoms with van der Waals surface area (Å²) in [7, 11) is 0. The average molecular weight is 489 g/mol. The minimum absolute atomic E-state index is 0.175.